The van der Waals surface area contributed by atoms with Crippen LogP contribution in [0, 0.1) is 0 Å². The van der Waals surface area contributed by atoms with Crippen molar-refractivity contribution in [3.63, 3.8) is 0 Å². The topological polar surface area (TPSA) is 69.8 Å². The normalized spacial score (nSPS) is 13.6. The van der Waals surface area contributed by atoms with Crippen molar-refractivity contribution >= 4 is 27.6 Å². The lowest BCUT2D eigenvalue weighted by molar-refractivity contribution is 0.282. The quantitative estimate of drug-likeness (QED) is 0.125. The van der Waals surface area contributed by atoms with Crippen LogP contribution in [0.4, 0.5) is 5.69 Å². The first-order valence-electron chi connectivity index (χ1n) is 13.3. The summed E-state index contributed by atoms with van der Waals surface area (Å²) in [7, 11) is 6.13. The Morgan fingerprint density at radius 1 is 1.00 bits per heavy atom. The first kappa shape index (κ1) is 24.6. The lowest BCUT2D eigenvalue weighted by Crippen LogP contribution is -2.24. The molecular weight excluding hydrogens is 452 g/mol. The first-order chi connectivity index (χ1) is 17.5. The summed E-state index contributed by atoms with van der Waals surface area (Å²) >= 11 is 0. The fourth-order valence-corrected chi connectivity index (χ4v) is 5.55. The van der Waals surface area contributed by atoms with E-state index in [9.17, 15) is 4.79 Å². The molecule has 2 aromatic rings. The number of nitrogens with zero attached hydrogens (tertiary/aromatic N) is 2. The second kappa shape index (κ2) is 10.5. The molecule has 36 heavy (non-hydrogen) atoms. The van der Waals surface area contributed by atoms with Gasteiger partial charge in [-0.15, -0.1) is 0 Å². The van der Waals surface area contributed by atoms with Gasteiger partial charge in [-0.2, -0.15) is 0 Å². The van der Waals surface area contributed by atoms with E-state index in [-0.39, 0.29) is 12.2 Å². The van der Waals surface area contributed by atoms with Gasteiger partial charge >= 0.3 is 5.63 Å². The highest BCUT2D eigenvalue weighted by Crippen LogP contribution is 2.38. The van der Waals surface area contributed by atoms with Crippen molar-refractivity contribution in [1.29, 1.82) is 0 Å². The van der Waals surface area contributed by atoms with E-state index in [1.807, 2.05) is 20.2 Å². The van der Waals surface area contributed by atoms with Crippen LogP contribution in [0.15, 0.2) is 44.0 Å². The maximum Gasteiger partial charge on any atom is 0.347 e. The third-order valence-electron chi connectivity index (χ3n) is 7.57. The summed E-state index contributed by atoms with van der Waals surface area (Å²) in [6.45, 7) is 1.27. The standard InChI is InChI=1S/C30H37N2O4/c1-31(2)21-13-14-22-23(12-8-6-4-5-7-9-16-33)28-29(35-26(22)18-21)24-17-20-11-10-15-32(3)25(20)19-27(24)36-30(28)34/h13-14,17-19,33H,4-12,15-16H2,1-3H3/q+1. The number of hydrogen-bond acceptors (Lipinski definition) is 5. The number of aliphatic hydroxyl groups excluding tert-OH is 1. The SMILES string of the molecule is CN1CCCc2cc3c(cc21)oc(=O)c1c(CCCCCCCCO)c2ccc(=[N+](C)C)cc-2oc13. The molecule has 1 aromatic heterocycles. The smallest absolute Gasteiger partial charge is 0.347 e. The largest absolute Gasteiger partial charge is 0.455 e. The fourth-order valence-electron chi connectivity index (χ4n) is 5.55. The monoisotopic (exact) mass is 489 g/mol. The lowest BCUT2D eigenvalue weighted by Gasteiger charge is -2.27. The van der Waals surface area contributed by atoms with Gasteiger partial charge in [0.2, 0.25) is 5.36 Å². The number of aryl methyl sites for hydroxylation is 2. The molecule has 6 nitrogen and oxygen atoms in total. The van der Waals surface area contributed by atoms with E-state index in [0.29, 0.717) is 16.6 Å². The molecular formula is C30H37N2O4+. The number of aliphatic hydroxyl groups is 1. The van der Waals surface area contributed by atoms with E-state index < -0.39 is 0 Å². The summed E-state index contributed by atoms with van der Waals surface area (Å²) in [5.41, 5.74) is 5.31. The molecule has 0 atom stereocenters. The van der Waals surface area contributed by atoms with Crippen LogP contribution in [0.25, 0.3) is 33.3 Å². The van der Waals surface area contributed by atoms with Crippen LogP contribution in [0.3, 0.4) is 0 Å². The van der Waals surface area contributed by atoms with Gasteiger partial charge in [-0.05, 0) is 55.4 Å². The first-order valence-corrected chi connectivity index (χ1v) is 13.3. The average Bonchev–Trinajstić information content (AvgIpc) is 2.87. The van der Waals surface area contributed by atoms with E-state index in [1.54, 1.807) is 0 Å². The van der Waals surface area contributed by atoms with Crippen molar-refractivity contribution in [2.45, 2.75) is 57.8 Å². The van der Waals surface area contributed by atoms with Gasteiger partial charge in [-0.3, -0.25) is 0 Å². The molecule has 5 rings (SSSR count). The van der Waals surface area contributed by atoms with Gasteiger partial charge in [-0.1, -0.05) is 25.7 Å². The molecule has 2 aliphatic heterocycles. The summed E-state index contributed by atoms with van der Waals surface area (Å²) in [5, 5.41) is 11.5. The molecule has 0 bridgehead atoms. The summed E-state index contributed by atoms with van der Waals surface area (Å²) < 4.78 is 14.5. The third-order valence-corrected chi connectivity index (χ3v) is 7.57. The van der Waals surface area contributed by atoms with Gasteiger partial charge in [0, 0.05) is 43.6 Å². The molecule has 1 aliphatic carbocycles. The average molecular weight is 490 g/mol. The van der Waals surface area contributed by atoms with Gasteiger partial charge in [0.25, 0.3) is 0 Å². The van der Waals surface area contributed by atoms with Crippen molar-refractivity contribution in [1.82, 2.24) is 4.58 Å². The van der Waals surface area contributed by atoms with Gasteiger partial charge in [-0.25, -0.2) is 9.37 Å². The summed E-state index contributed by atoms with van der Waals surface area (Å²) in [6, 6.07) is 10.4. The Balaban J connectivity index is 1.67. The van der Waals surface area contributed by atoms with Crippen molar-refractivity contribution < 1.29 is 13.9 Å². The zero-order valence-electron chi connectivity index (χ0n) is 21.7. The summed E-state index contributed by atoms with van der Waals surface area (Å²) in [4.78, 5) is 15.6. The Kier molecular flexibility index (Phi) is 7.15. The molecule has 1 N–H and O–H groups in total. The van der Waals surface area contributed by atoms with Gasteiger partial charge in [0.1, 0.15) is 30.8 Å². The number of anilines is 1. The minimum absolute atomic E-state index is 0.268. The molecule has 3 heterocycles. The van der Waals surface area contributed by atoms with Crippen LogP contribution in [0.1, 0.15) is 56.1 Å². The molecule has 1 aromatic carbocycles. The van der Waals surface area contributed by atoms with Crippen LogP contribution in [0.5, 0.6) is 0 Å². The lowest BCUT2D eigenvalue weighted by atomic mass is 9.94. The highest BCUT2D eigenvalue weighted by molar-refractivity contribution is 6.05. The predicted molar refractivity (Wildman–Crippen MR) is 146 cm³/mol. The maximum atomic E-state index is 13.4. The second-order valence-corrected chi connectivity index (χ2v) is 10.3. The molecule has 190 valence electrons. The Labute approximate surface area is 211 Å². The molecule has 0 amide bonds. The summed E-state index contributed by atoms with van der Waals surface area (Å²) in [6.07, 6.45) is 9.21. The number of benzene rings is 2. The zero-order valence-corrected chi connectivity index (χ0v) is 21.7. The van der Waals surface area contributed by atoms with Crippen molar-refractivity contribution in [3.05, 3.63) is 57.2 Å². The molecule has 0 spiro atoms. The number of hydrogen-bond donors (Lipinski definition) is 1. The fraction of sp³-hybridized carbons (Fsp3) is 0.467. The number of rotatable bonds is 8. The van der Waals surface area contributed by atoms with E-state index in [2.05, 4.69) is 40.8 Å². The Bertz CT molecular complexity index is 1490. The van der Waals surface area contributed by atoms with Crippen LogP contribution in [-0.2, 0) is 12.8 Å². The molecule has 0 saturated heterocycles. The van der Waals surface area contributed by atoms with Gasteiger partial charge in [0.15, 0.2) is 5.58 Å². The molecule has 0 radical (unpaired) electrons. The minimum atomic E-state index is -0.323. The van der Waals surface area contributed by atoms with E-state index in [0.717, 1.165) is 97.7 Å². The van der Waals surface area contributed by atoms with E-state index in [1.165, 1.54) is 5.56 Å². The Hall–Kier alpha value is -3.12. The molecule has 0 unspecified atom stereocenters. The second-order valence-electron chi connectivity index (χ2n) is 10.3. The number of unbranched alkanes of at least 4 members (excludes halogenated alkanes) is 5. The maximum absolute atomic E-state index is 13.4. The molecule has 3 aliphatic rings. The molecule has 6 heteroatoms. The summed E-state index contributed by atoms with van der Waals surface area (Å²) in [5.74, 6) is 0.799. The number of fused-ring (bicyclic) bond motifs is 5. The van der Waals surface area contributed by atoms with Crippen LogP contribution in [0.2, 0.25) is 0 Å². The van der Waals surface area contributed by atoms with Crippen LogP contribution < -0.4 is 20.5 Å². The molecule has 0 saturated carbocycles. The Morgan fingerprint density at radius 3 is 2.56 bits per heavy atom. The zero-order chi connectivity index (χ0) is 25.2. The third kappa shape index (κ3) is 4.66. The van der Waals surface area contributed by atoms with Crippen LogP contribution >= 0.6 is 0 Å². The predicted octanol–water partition coefficient (Wildman–Crippen LogP) is 4.93. The van der Waals surface area contributed by atoms with E-state index >= 15 is 0 Å². The highest BCUT2D eigenvalue weighted by Gasteiger charge is 2.23. The van der Waals surface area contributed by atoms with Crippen molar-refractivity contribution in [2.24, 2.45) is 0 Å². The van der Waals surface area contributed by atoms with Gasteiger partial charge in [0.05, 0.1) is 11.5 Å². The highest BCUT2D eigenvalue weighted by atomic mass is 16.4. The van der Waals surface area contributed by atoms with E-state index in [4.69, 9.17) is 13.9 Å². The van der Waals surface area contributed by atoms with Gasteiger partial charge < -0.3 is 18.8 Å². The minimum Gasteiger partial charge on any atom is -0.455 e. The van der Waals surface area contributed by atoms with Crippen molar-refractivity contribution in [2.75, 3.05) is 39.2 Å². The Morgan fingerprint density at radius 2 is 1.78 bits per heavy atom. The molecule has 0 fully saturated rings. The van der Waals surface area contributed by atoms with Crippen molar-refractivity contribution in [3.8, 4) is 11.3 Å². The van der Waals surface area contributed by atoms with Crippen LogP contribution in [-0.4, -0.2) is 39.4 Å².